The minimum atomic E-state index is -0.400. The summed E-state index contributed by atoms with van der Waals surface area (Å²) in [6.45, 7) is 0. The second-order valence-electron chi connectivity index (χ2n) is 5.81. The van der Waals surface area contributed by atoms with Crippen LogP contribution in [0.1, 0.15) is 10.4 Å². The Morgan fingerprint density at radius 3 is 1.96 bits per heavy atom. The first-order chi connectivity index (χ1) is 13.3. The zero-order valence-electron chi connectivity index (χ0n) is 14.4. The molecular weight excluding hydrogens is 356 g/mol. The smallest absolute Gasteiger partial charge is 0.343 e. The van der Waals surface area contributed by atoms with Gasteiger partial charge in [0.05, 0.1) is 22.7 Å². The number of benzene rings is 3. The van der Waals surface area contributed by atoms with E-state index in [-0.39, 0.29) is 10.9 Å². The third-order valence-electron chi connectivity index (χ3n) is 3.97. The van der Waals surface area contributed by atoms with Gasteiger partial charge in [0.1, 0.15) is 6.26 Å². The Morgan fingerprint density at radius 1 is 0.741 bits per heavy atom. The average molecular weight is 373 g/mol. The highest BCUT2D eigenvalue weighted by molar-refractivity contribution is 7.97. The van der Waals surface area contributed by atoms with Crippen LogP contribution in [0, 0.1) is 0 Å². The van der Waals surface area contributed by atoms with Crippen molar-refractivity contribution < 1.29 is 13.9 Å². The van der Waals surface area contributed by atoms with E-state index in [1.54, 1.807) is 12.1 Å². The van der Waals surface area contributed by atoms with Crippen molar-refractivity contribution >= 4 is 16.9 Å². The van der Waals surface area contributed by atoms with Gasteiger partial charge in [-0.15, -0.1) is 0 Å². The fourth-order valence-electron chi connectivity index (χ4n) is 2.75. The first kappa shape index (κ1) is 17.2. The van der Waals surface area contributed by atoms with Gasteiger partial charge in [0.25, 0.3) is 0 Å². The molecule has 3 aromatic carbocycles. The molecule has 0 atom stereocenters. The second kappa shape index (κ2) is 7.98. The number of rotatable bonds is 5. The van der Waals surface area contributed by atoms with E-state index in [0.717, 1.165) is 4.90 Å². The molecule has 0 bridgehead atoms. The molecule has 0 saturated heterocycles. The Morgan fingerprint density at radius 2 is 1.37 bits per heavy atom. The summed E-state index contributed by atoms with van der Waals surface area (Å²) < 4.78 is 10.3. The van der Waals surface area contributed by atoms with E-state index in [9.17, 15) is 4.79 Å². The molecule has 0 saturated carbocycles. The maximum absolute atomic E-state index is 12.5. The molecule has 3 nitrogen and oxygen atoms in total. The Hall–Kier alpha value is -3.24. The summed E-state index contributed by atoms with van der Waals surface area (Å²) in [5.41, 5.74) is 0.512. The zero-order chi connectivity index (χ0) is 18.5. The molecule has 0 spiro atoms. The van der Waals surface area contributed by atoms with E-state index < -0.39 is 5.97 Å². The second-order valence-corrected chi connectivity index (χ2v) is 7.84. The van der Waals surface area contributed by atoms with Gasteiger partial charge in [0, 0.05) is 12.1 Å². The molecular formula is C23H17O3S+. The van der Waals surface area contributed by atoms with Gasteiger partial charge in [-0.2, -0.15) is 0 Å². The third-order valence-corrected chi connectivity index (χ3v) is 6.18. The monoisotopic (exact) mass is 373 g/mol. The summed E-state index contributed by atoms with van der Waals surface area (Å²) in [4.78, 5) is 16.0. The number of furan rings is 1. The highest BCUT2D eigenvalue weighted by atomic mass is 32.2. The lowest BCUT2D eigenvalue weighted by Gasteiger charge is -2.09. The highest BCUT2D eigenvalue weighted by Gasteiger charge is 2.29. The van der Waals surface area contributed by atoms with E-state index in [4.69, 9.17) is 9.15 Å². The van der Waals surface area contributed by atoms with Crippen molar-refractivity contribution in [3.05, 3.63) is 109 Å². The standard InChI is InChI=1S/C23H17O3S/c24-23(26-19-14-15-25-17-19)18-8-7-13-22(16-18)27(20-9-3-1-4-10-20)21-11-5-2-6-12-21/h1-17H/q+1. The van der Waals surface area contributed by atoms with Crippen molar-refractivity contribution in [2.75, 3.05) is 0 Å². The maximum Gasteiger partial charge on any atom is 0.343 e. The predicted octanol–water partition coefficient (Wildman–Crippen LogP) is 5.59. The van der Waals surface area contributed by atoms with Crippen molar-refractivity contribution in [1.29, 1.82) is 0 Å². The van der Waals surface area contributed by atoms with Crippen LogP contribution in [0.2, 0.25) is 0 Å². The van der Waals surface area contributed by atoms with Crippen LogP contribution in [0.5, 0.6) is 5.75 Å². The Balaban J connectivity index is 1.72. The van der Waals surface area contributed by atoms with E-state index in [0.29, 0.717) is 11.3 Å². The summed E-state index contributed by atoms with van der Waals surface area (Å²) >= 11 is 0. The van der Waals surface area contributed by atoms with Gasteiger partial charge in [0.2, 0.25) is 0 Å². The largest absolute Gasteiger partial charge is 0.469 e. The number of carbonyl (C=O) groups is 1. The van der Waals surface area contributed by atoms with Gasteiger partial charge < -0.3 is 9.15 Å². The molecule has 4 rings (SSSR count). The molecule has 0 unspecified atom stereocenters. The summed E-state index contributed by atoms with van der Waals surface area (Å²) in [6.07, 6.45) is 2.88. The van der Waals surface area contributed by atoms with Crippen LogP contribution < -0.4 is 4.74 Å². The van der Waals surface area contributed by atoms with Crippen molar-refractivity contribution in [2.45, 2.75) is 14.7 Å². The van der Waals surface area contributed by atoms with E-state index in [1.165, 1.54) is 22.3 Å². The maximum atomic E-state index is 12.5. The highest BCUT2D eigenvalue weighted by Crippen LogP contribution is 2.31. The summed E-state index contributed by atoms with van der Waals surface area (Å²) in [6, 6.07) is 29.9. The molecule has 4 heteroatoms. The van der Waals surface area contributed by atoms with Crippen LogP contribution in [0.15, 0.2) is 123 Å². The number of hydrogen-bond acceptors (Lipinski definition) is 3. The van der Waals surface area contributed by atoms with Gasteiger partial charge in [-0.05, 0) is 36.4 Å². The SMILES string of the molecule is O=C(Oc1ccoc1)c1cccc([S+](c2ccccc2)c2ccccc2)c1. The van der Waals surface area contributed by atoms with Crippen LogP contribution in [0.4, 0.5) is 0 Å². The zero-order valence-corrected chi connectivity index (χ0v) is 15.3. The van der Waals surface area contributed by atoms with Crippen LogP contribution in [0.25, 0.3) is 0 Å². The lowest BCUT2D eigenvalue weighted by atomic mass is 10.2. The van der Waals surface area contributed by atoms with Gasteiger partial charge in [-0.1, -0.05) is 42.5 Å². The van der Waals surface area contributed by atoms with Crippen molar-refractivity contribution in [1.82, 2.24) is 0 Å². The molecule has 132 valence electrons. The molecule has 1 heterocycles. The molecule has 0 aliphatic rings. The van der Waals surface area contributed by atoms with Crippen molar-refractivity contribution in [3.8, 4) is 5.75 Å². The number of ether oxygens (including phenoxy) is 1. The number of carbonyl (C=O) groups excluding carboxylic acids is 1. The summed E-state index contributed by atoms with van der Waals surface area (Å²) in [7, 11) is -0.306. The van der Waals surface area contributed by atoms with Crippen molar-refractivity contribution in [3.63, 3.8) is 0 Å². The lowest BCUT2D eigenvalue weighted by molar-refractivity contribution is 0.0733. The fraction of sp³-hybridized carbons (Fsp3) is 0. The van der Waals surface area contributed by atoms with Gasteiger partial charge in [-0.25, -0.2) is 4.79 Å². The van der Waals surface area contributed by atoms with E-state index in [2.05, 4.69) is 30.3 Å². The average Bonchev–Trinajstić information content (AvgIpc) is 3.23. The van der Waals surface area contributed by atoms with Crippen LogP contribution in [0.3, 0.4) is 0 Å². The molecule has 0 amide bonds. The number of esters is 1. The topological polar surface area (TPSA) is 39.4 Å². The molecule has 0 N–H and O–H groups in total. The molecule has 1 aromatic heterocycles. The van der Waals surface area contributed by atoms with Crippen LogP contribution in [-0.4, -0.2) is 5.97 Å². The molecule has 0 fully saturated rings. The third kappa shape index (κ3) is 3.96. The molecule has 0 radical (unpaired) electrons. The Labute approximate surface area is 160 Å². The summed E-state index contributed by atoms with van der Waals surface area (Å²) in [5, 5.41) is 0. The predicted molar refractivity (Wildman–Crippen MR) is 105 cm³/mol. The fourth-order valence-corrected chi connectivity index (χ4v) is 4.88. The van der Waals surface area contributed by atoms with Crippen LogP contribution >= 0.6 is 0 Å². The molecule has 4 aromatic rings. The Bertz CT molecular complexity index is 972. The normalized spacial score (nSPS) is 10.7. The van der Waals surface area contributed by atoms with E-state index in [1.807, 2.05) is 48.5 Å². The Kier molecular flexibility index (Phi) is 5.08. The first-order valence-corrected chi connectivity index (χ1v) is 9.72. The molecule has 27 heavy (non-hydrogen) atoms. The quantitative estimate of drug-likeness (QED) is 0.338. The van der Waals surface area contributed by atoms with Gasteiger partial charge in [-0.3, -0.25) is 0 Å². The van der Waals surface area contributed by atoms with Gasteiger partial charge in [0.15, 0.2) is 20.4 Å². The molecule has 0 aliphatic heterocycles. The minimum absolute atomic E-state index is 0.306. The molecule has 0 aliphatic carbocycles. The first-order valence-electron chi connectivity index (χ1n) is 8.50. The van der Waals surface area contributed by atoms with Crippen LogP contribution in [-0.2, 0) is 10.9 Å². The number of hydrogen-bond donors (Lipinski definition) is 0. The van der Waals surface area contributed by atoms with Gasteiger partial charge >= 0.3 is 5.97 Å². The minimum Gasteiger partial charge on any atom is -0.469 e. The summed E-state index contributed by atoms with van der Waals surface area (Å²) in [5.74, 6) is -0.00144. The lowest BCUT2D eigenvalue weighted by Crippen LogP contribution is -2.10. The van der Waals surface area contributed by atoms with Crippen molar-refractivity contribution in [2.24, 2.45) is 0 Å². The van der Waals surface area contributed by atoms with E-state index >= 15 is 0 Å².